The van der Waals surface area contributed by atoms with Gasteiger partial charge < -0.3 is 0 Å². The Hall–Kier alpha value is -1.43. The molecular weight excluding hydrogens is 308 g/mol. The Labute approximate surface area is 130 Å². The summed E-state index contributed by atoms with van der Waals surface area (Å²) in [7, 11) is -3.61. The Balaban J connectivity index is 2.37. The van der Waals surface area contributed by atoms with Crippen LogP contribution in [0.25, 0.3) is 0 Å². The lowest BCUT2D eigenvalue weighted by molar-refractivity contribution is 0.348. The highest BCUT2D eigenvalue weighted by Crippen LogP contribution is 2.22. The molecule has 1 heterocycles. The largest absolute Gasteiger partial charge is 0.244 e. The van der Waals surface area contributed by atoms with E-state index in [4.69, 9.17) is 11.6 Å². The number of hydrogen-bond acceptors (Lipinski definition) is 3. The van der Waals surface area contributed by atoms with E-state index in [1.54, 1.807) is 0 Å². The molecule has 0 bridgehead atoms. The zero-order valence-electron chi connectivity index (χ0n) is 11.9. The van der Waals surface area contributed by atoms with Crippen LogP contribution in [0.3, 0.4) is 0 Å². The second kappa shape index (κ2) is 6.56. The zero-order valence-corrected chi connectivity index (χ0v) is 13.5. The number of sulfonamides is 1. The van der Waals surface area contributed by atoms with Crippen molar-refractivity contribution in [2.75, 3.05) is 0 Å². The van der Waals surface area contributed by atoms with Crippen molar-refractivity contribution in [2.45, 2.75) is 31.3 Å². The van der Waals surface area contributed by atoms with Crippen LogP contribution >= 0.6 is 11.6 Å². The standard InChI is InChI=1S/C15H17ClN2O2S/c1-12(2)18(11-13-6-4-3-5-7-13)21(19,20)14-8-9-17-15(16)10-14/h3-10,12H,11H2,1-2H3. The summed E-state index contributed by atoms with van der Waals surface area (Å²) in [6.07, 6.45) is 1.40. The van der Waals surface area contributed by atoms with Crippen molar-refractivity contribution in [1.82, 2.24) is 9.29 Å². The van der Waals surface area contributed by atoms with Gasteiger partial charge in [0.05, 0.1) is 4.90 Å². The van der Waals surface area contributed by atoms with Crippen LogP contribution in [-0.2, 0) is 16.6 Å². The van der Waals surface area contributed by atoms with E-state index >= 15 is 0 Å². The highest BCUT2D eigenvalue weighted by atomic mass is 35.5. The normalized spacial score (nSPS) is 12.0. The highest BCUT2D eigenvalue weighted by Gasteiger charge is 2.27. The number of rotatable bonds is 5. The van der Waals surface area contributed by atoms with Crippen molar-refractivity contribution in [3.05, 3.63) is 59.4 Å². The molecule has 0 aliphatic rings. The quantitative estimate of drug-likeness (QED) is 0.793. The van der Waals surface area contributed by atoms with Crippen LogP contribution in [0.1, 0.15) is 19.4 Å². The summed E-state index contributed by atoms with van der Waals surface area (Å²) in [6, 6.07) is 12.2. The van der Waals surface area contributed by atoms with Crippen LogP contribution in [0.15, 0.2) is 53.6 Å². The minimum absolute atomic E-state index is 0.159. The van der Waals surface area contributed by atoms with Gasteiger partial charge in [-0.2, -0.15) is 4.31 Å². The molecule has 0 aliphatic heterocycles. The summed E-state index contributed by atoms with van der Waals surface area (Å²) in [5, 5.41) is 0.166. The van der Waals surface area contributed by atoms with Crippen molar-refractivity contribution in [3.8, 4) is 0 Å². The van der Waals surface area contributed by atoms with Gasteiger partial charge in [0.15, 0.2) is 0 Å². The molecule has 0 N–H and O–H groups in total. The Morgan fingerprint density at radius 1 is 1.19 bits per heavy atom. The average molecular weight is 325 g/mol. The molecule has 0 spiro atoms. The molecule has 2 aromatic rings. The lowest BCUT2D eigenvalue weighted by atomic mass is 10.2. The minimum Gasteiger partial charge on any atom is -0.244 e. The number of pyridine rings is 1. The van der Waals surface area contributed by atoms with Gasteiger partial charge in [-0.05, 0) is 31.5 Å². The van der Waals surface area contributed by atoms with Gasteiger partial charge in [0, 0.05) is 18.8 Å². The Morgan fingerprint density at radius 3 is 2.43 bits per heavy atom. The number of halogens is 1. The number of benzene rings is 1. The van der Waals surface area contributed by atoms with Crippen LogP contribution < -0.4 is 0 Å². The second-order valence-corrected chi connectivity index (χ2v) is 7.22. The summed E-state index contributed by atoms with van der Waals surface area (Å²) in [5.41, 5.74) is 0.940. The van der Waals surface area contributed by atoms with E-state index in [9.17, 15) is 8.42 Å². The second-order valence-electron chi connectivity index (χ2n) is 4.94. The van der Waals surface area contributed by atoms with Crippen LogP contribution in [-0.4, -0.2) is 23.7 Å². The maximum Gasteiger partial charge on any atom is 0.243 e. The third-order valence-electron chi connectivity index (χ3n) is 3.06. The fourth-order valence-corrected chi connectivity index (χ4v) is 3.87. The summed E-state index contributed by atoms with van der Waals surface area (Å²) in [6.45, 7) is 4.02. The first-order chi connectivity index (χ1) is 9.91. The minimum atomic E-state index is -3.61. The van der Waals surface area contributed by atoms with Gasteiger partial charge in [-0.3, -0.25) is 0 Å². The Morgan fingerprint density at radius 2 is 1.86 bits per heavy atom. The lowest BCUT2D eigenvalue weighted by Crippen LogP contribution is -2.36. The third kappa shape index (κ3) is 3.81. The maximum atomic E-state index is 12.8. The molecule has 1 aromatic heterocycles. The van der Waals surface area contributed by atoms with Crippen LogP contribution in [0, 0.1) is 0 Å². The van der Waals surface area contributed by atoms with Crippen molar-refractivity contribution < 1.29 is 8.42 Å². The fourth-order valence-electron chi connectivity index (χ4n) is 1.99. The van der Waals surface area contributed by atoms with Crippen molar-refractivity contribution in [3.63, 3.8) is 0 Å². The van der Waals surface area contributed by atoms with E-state index < -0.39 is 10.0 Å². The highest BCUT2D eigenvalue weighted by molar-refractivity contribution is 7.89. The molecular formula is C15H17ClN2O2S. The molecule has 4 nitrogen and oxygen atoms in total. The molecule has 0 aliphatic carbocycles. The molecule has 112 valence electrons. The predicted octanol–water partition coefficient (Wildman–Crippen LogP) is 3.33. The van der Waals surface area contributed by atoms with E-state index in [1.165, 1.54) is 22.6 Å². The third-order valence-corrected chi connectivity index (χ3v) is 5.29. The zero-order chi connectivity index (χ0) is 15.5. The lowest BCUT2D eigenvalue weighted by Gasteiger charge is -2.26. The fraction of sp³-hybridized carbons (Fsp3) is 0.267. The molecule has 0 saturated heterocycles. The molecule has 1 aromatic carbocycles. The van der Waals surface area contributed by atoms with Gasteiger partial charge in [-0.1, -0.05) is 41.9 Å². The first-order valence-corrected chi connectivity index (χ1v) is 8.40. The molecule has 6 heteroatoms. The van der Waals surface area contributed by atoms with Gasteiger partial charge in [0.2, 0.25) is 10.0 Å². The predicted molar refractivity (Wildman–Crippen MR) is 83.6 cm³/mol. The summed E-state index contributed by atoms with van der Waals surface area (Å²) in [5.74, 6) is 0. The number of aromatic nitrogens is 1. The van der Waals surface area contributed by atoms with E-state index in [-0.39, 0.29) is 16.1 Å². The molecule has 0 radical (unpaired) electrons. The van der Waals surface area contributed by atoms with E-state index in [0.717, 1.165) is 5.56 Å². The first kappa shape index (κ1) is 15.9. The van der Waals surface area contributed by atoms with Crippen molar-refractivity contribution in [1.29, 1.82) is 0 Å². The maximum absolute atomic E-state index is 12.8. The van der Waals surface area contributed by atoms with E-state index in [2.05, 4.69) is 4.98 Å². The van der Waals surface area contributed by atoms with Crippen LogP contribution in [0.2, 0.25) is 5.15 Å². The average Bonchev–Trinajstić information content (AvgIpc) is 2.45. The van der Waals surface area contributed by atoms with Crippen LogP contribution in [0.4, 0.5) is 0 Å². The van der Waals surface area contributed by atoms with Gasteiger partial charge >= 0.3 is 0 Å². The first-order valence-electron chi connectivity index (χ1n) is 6.58. The van der Waals surface area contributed by atoms with Crippen LogP contribution in [0.5, 0.6) is 0 Å². The molecule has 0 unspecified atom stereocenters. The summed E-state index contributed by atoms with van der Waals surface area (Å²) >= 11 is 5.80. The molecule has 21 heavy (non-hydrogen) atoms. The molecule has 0 saturated carbocycles. The van der Waals surface area contributed by atoms with Crippen molar-refractivity contribution in [2.24, 2.45) is 0 Å². The summed E-state index contributed by atoms with van der Waals surface area (Å²) < 4.78 is 27.0. The van der Waals surface area contributed by atoms with Gasteiger partial charge in [0.1, 0.15) is 5.15 Å². The van der Waals surface area contributed by atoms with E-state index in [1.807, 2.05) is 44.2 Å². The SMILES string of the molecule is CC(C)N(Cc1ccccc1)S(=O)(=O)c1ccnc(Cl)c1. The smallest absolute Gasteiger partial charge is 0.243 e. The number of nitrogens with zero attached hydrogens (tertiary/aromatic N) is 2. The summed E-state index contributed by atoms with van der Waals surface area (Å²) in [4.78, 5) is 3.98. The topological polar surface area (TPSA) is 50.3 Å². The Bertz CT molecular complexity index is 703. The van der Waals surface area contributed by atoms with Gasteiger partial charge in [-0.15, -0.1) is 0 Å². The molecule has 0 atom stereocenters. The molecule has 0 amide bonds. The van der Waals surface area contributed by atoms with Gasteiger partial charge in [0.25, 0.3) is 0 Å². The number of hydrogen-bond donors (Lipinski definition) is 0. The molecule has 2 rings (SSSR count). The monoisotopic (exact) mass is 324 g/mol. The molecule has 0 fully saturated rings. The van der Waals surface area contributed by atoms with Gasteiger partial charge in [-0.25, -0.2) is 13.4 Å². The van der Waals surface area contributed by atoms with Crippen molar-refractivity contribution >= 4 is 21.6 Å². The van der Waals surface area contributed by atoms with E-state index in [0.29, 0.717) is 6.54 Å². The Kier molecular flexibility index (Phi) is 4.98.